The number of ether oxygens (including phenoxy) is 12. The Balaban J connectivity index is 0.837. The molecule has 0 aromatic carbocycles. The molecule has 6 unspecified atom stereocenters. The second-order valence-electron chi connectivity index (χ2n) is 26.1. The highest BCUT2D eigenvalue weighted by Crippen LogP contribution is 2.70. The maximum absolute atomic E-state index is 14.9. The van der Waals surface area contributed by atoms with E-state index >= 15 is 0 Å². The average molecular weight is 1170 g/mol. The van der Waals surface area contributed by atoms with Gasteiger partial charge in [-0.25, -0.2) is 0 Å². The molecule has 0 amide bonds. The van der Waals surface area contributed by atoms with E-state index in [9.17, 15) is 71.2 Å². The van der Waals surface area contributed by atoms with Gasteiger partial charge in [-0.1, -0.05) is 27.7 Å². The van der Waals surface area contributed by atoms with E-state index in [1.165, 1.54) is 6.92 Å². The number of Topliss-reactive ketones (excluding diaryl/α,β-unsaturated/α-hetero) is 1. The third-order valence-corrected chi connectivity index (χ3v) is 21.6. The van der Waals surface area contributed by atoms with Crippen molar-refractivity contribution in [1.29, 1.82) is 0 Å². The molecule has 1 spiro atoms. The standard InChI is InChI=1S/C55H88O26/c1-20-8-11-55(72-17-20)21(2)34-30(81-55)13-27-25-7-6-23-12-24(9-10-53(23,4)26(25)14-33(60)54(27,34)5)74-51-46(79-50-42(68)39(65)35(61)22(3)73-50)43(69)44(32(16-57)76-51)77-52-47(80-49-41(67)37(63)29(59)19-71-49)45(38(64)31(15-56)75-52)78-48-40(66)36(62)28(58)18-70-48/h20-32,34-52,56-59,61-69H,6-19H2,1-5H3/t20-,21?,22+,23+,24+,25?,26?,27?,28-,29-,30?,31-,32-,34?,35+,36+,37+,38-,39-,40-,41-,42-,43+,44+,45+,46-,47-,48+,49+,50+,51-,52+,53+,54-,55-/m1/s1. The van der Waals surface area contributed by atoms with Crippen molar-refractivity contribution < 1.29 is 128 Å². The van der Waals surface area contributed by atoms with Gasteiger partial charge in [0.25, 0.3) is 0 Å². The second-order valence-corrected chi connectivity index (χ2v) is 26.1. The van der Waals surface area contributed by atoms with Crippen molar-refractivity contribution in [2.75, 3.05) is 33.0 Å². The number of rotatable bonds is 12. The van der Waals surface area contributed by atoms with Crippen LogP contribution in [0.15, 0.2) is 0 Å². The van der Waals surface area contributed by atoms with E-state index in [2.05, 4.69) is 27.7 Å². The molecule has 11 fully saturated rings. The van der Waals surface area contributed by atoms with Crippen LogP contribution in [-0.4, -0.2) is 265 Å². The minimum atomic E-state index is -1.95. The van der Waals surface area contributed by atoms with Gasteiger partial charge in [-0.15, -0.1) is 0 Å². The molecule has 11 aliphatic rings. The molecule has 13 N–H and O–H groups in total. The fraction of sp³-hybridized carbons (Fsp3) is 0.982. The number of hydrogen-bond acceptors (Lipinski definition) is 26. The van der Waals surface area contributed by atoms with Crippen LogP contribution >= 0.6 is 0 Å². The molecular weight excluding hydrogens is 1080 g/mol. The molecule has 464 valence electrons. The number of carbonyl (C=O) groups excluding carboxylic acids is 1. The van der Waals surface area contributed by atoms with Crippen molar-refractivity contribution in [3.8, 4) is 0 Å². The maximum atomic E-state index is 14.9. The monoisotopic (exact) mass is 1160 g/mol. The van der Waals surface area contributed by atoms with Gasteiger partial charge in [0.1, 0.15) is 110 Å². The van der Waals surface area contributed by atoms with Gasteiger partial charge in [-0.05, 0) is 86.9 Å². The predicted octanol–water partition coefficient (Wildman–Crippen LogP) is -3.60. The van der Waals surface area contributed by atoms with Gasteiger partial charge >= 0.3 is 0 Å². The van der Waals surface area contributed by atoms with Gasteiger partial charge in [0.15, 0.2) is 37.2 Å². The summed E-state index contributed by atoms with van der Waals surface area (Å²) in [5.41, 5.74) is -0.751. The van der Waals surface area contributed by atoms with E-state index in [0.29, 0.717) is 49.9 Å². The summed E-state index contributed by atoms with van der Waals surface area (Å²) in [5.74, 6) is 0.997. The molecule has 7 saturated heterocycles. The lowest BCUT2D eigenvalue weighted by molar-refractivity contribution is -0.408. The molecular formula is C55H88O26. The van der Waals surface area contributed by atoms with Crippen molar-refractivity contribution in [1.82, 2.24) is 0 Å². The Kier molecular flexibility index (Phi) is 17.9. The number of hydrogen-bond donors (Lipinski definition) is 13. The zero-order valence-corrected chi connectivity index (χ0v) is 46.5. The quantitative estimate of drug-likeness (QED) is 0.0840. The van der Waals surface area contributed by atoms with Crippen LogP contribution in [-0.2, 0) is 61.6 Å². The highest BCUT2D eigenvalue weighted by Gasteiger charge is 2.72. The topological polar surface area (TPSA) is 391 Å². The molecule has 4 aliphatic carbocycles. The van der Waals surface area contributed by atoms with Crippen LogP contribution in [0, 0.1) is 52.3 Å². The van der Waals surface area contributed by atoms with Gasteiger partial charge in [-0.3, -0.25) is 4.79 Å². The SMILES string of the molecule is CC1C2C(CC3C4CC[C@H]5C[C@@H](O[C@@H]6O[C@H](CO)[C@H](O[C@@H]7O[C@H](CO)[C@@H](O)[C@H](O[C@@H]8OC[C@@H](O)[C@H](O)[C@H]8O)[C@H]7O[C@@H]7OC[C@@H](O)[C@H](O)[C@H]7O)[C@H](O)[C@H]6O[C@@H]6O[C@@H](C)[C@H](O)[C@@H](O)[C@H]6O)CC[C@]5(C)C4CC(=O)[C@@]32C)O[C@]12CC[C@@H](C)CO2. The Morgan fingerprint density at radius 1 is 0.543 bits per heavy atom. The first-order valence-electron chi connectivity index (χ1n) is 29.5. The van der Waals surface area contributed by atoms with Crippen molar-refractivity contribution >= 4 is 5.78 Å². The summed E-state index contributed by atoms with van der Waals surface area (Å²) in [7, 11) is 0. The van der Waals surface area contributed by atoms with Crippen molar-refractivity contribution in [2.45, 2.75) is 252 Å². The van der Waals surface area contributed by atoms with E-state index in [0.717, 1.165) is 32.1 Å². The van der Waals surface area contributed by atoms with Crippen LogP contribution in [0.4, 0.5) is 0 Å². The Labute approximate surface area is 469 Å². The van der Waals surface area contributed by atoms with Gasteiger partial charge in [0, 0.05) is 30.1 Å². The minimum absolute atomic E-state index is 0.0489. The Morgan fingerprint density at radius 3 is 1.79 bits per heavy atom. The maximum Gasteiger partial charge on any atom is 0.187 e. The number of aliphatic hydroxyl groups is 13. The first-order valence-corrected chi connectivity index (χ1v) is 29.5. The minimum Gasteiger partial charge on any atom is -0.394 e. The molecule has 26 nitrogen and oxygen atoms in total. The third kappa shape index (κ3) is 10.6. The van der Waals surface area contributed by atoms with Crippen LogP contribution in [0.2, 0.25) is 0 Å². The lowest BCUT2D eigenvalue weighted by atomic mass is 9.44. The normalized spacial score (nSPS) is 57.6. The fourth-order valence-corrected chi connectivity index (χ4v) is 16.7. The molecule has 81 heavy (non-hydrogen) atoms. The summed E-state index contributed by atoms with van der Waals surface area (Å²) in [4.78, 5) is 14.9. The summed E-state index contributed by atoms with van der Waals surface area (Å²) >= 11 is 0. The molecule has 7 heterocycles. The first kappa shape index (κ1) is 61.3. The van der Waals surface area contributed by atoms with Gasteiger partial charge < -0.3 is 123 Å². The predicted molar refractivity (Wildman–Crippen MR) is 268 cm³/mol. The molecule has 26 heteroatoms. The molecule has 0 aromatic rings. The van der Waals surface area contributed by atoms with Crippen LogP contribution < -0.4 is 0 Å². The Bertz CT molecular complexity index is 2160. The average Bonchev–Trinajstić information content (AvgIpc) is 3.83. The van der Waals surface area contributed by atoms with Crippen LogP contribution in [0.3, 0.4) is 0 Å². The van der Waals surface area contributed by atoms with E-state index in [1.807, 2.05) is 0 Å². The summed E-state index contributed by atoms with van der Waals surface area (Å²) in [5, 5.41) is 142. The van der Waals surface area contributed by atoms with Gasteiger partial charge in [0.05, 0.1) is 51.3 Å². The highest BCUT2D eigenvalue weighted by atomic mass is 16.8. The van der Waals surface area contributed by atoms with Crippen LogP contribution in [0.5, 0.6) is 0 Å². The molecule has 4 saturated carbocycles. The highest BCUT2D eigenvalue weighted by molar-refractivity contribution is 5.87. The van der Waals surface area contributed by atoms with E-state index in [-0.39, 0.29) is 41.1 Å². The largest absolute Gasteiger partial charge is 0.394 e. The number of ketones is 1. The van der Waals surface area contributed by atoms with Crippen LogP contribution in [0.25, 0.3) is 0 Å². The Hall–Kier alpha value is -1.33. The third-order valence-electron chi connectivity index (χ3n) is 21.6. The molecule has 35 atom stereocenters. The van der Waals surface area contributed by atoms with Crippen LogP contribution in [0.1, 0.15) is 92.4 Å². The molecule has 0 aromatic heterocycles. The van der Waals surface area contributed by atoms with E-state index in [1.54, 1.807) is 0 Å². The lowest BCUT2D eigenvalue weighted by Gasteiger charge is -2.61. The van der Waals surface area contributed by atoms with Crippen molar-refractivity contribution in [3.63, 3.8) is 0 Å². The summed E-state index contributed by atoms with van der Waals surface area (Å²) in [6.07, 6.45) is -33.6. The molecule has 0 bridgehead atoms. The van der Waals surface area contributed by atoms with Gasteiger partial charge in [0.2, 0.25) is 0 Å². The number of carbonyl (C=O) groups is 1. The molecule has 0 radical (unpaired) electrons. The smallest absolute Gasteiger partial charge is 0.187 e. The zero-order chi connectivity index (χ0) is 57.9. The number of aliphatic hydroxyl groups excluding tert-OH is 13. The van der Waals surface area contributed by atoms with Crippen molar-refractivity contribution in [3.05, 3.63) is 0 Å². The second kappa shape index (κ2) is 23.6. The lowest BCUT2D eigenvalue weighted by Crippen LogP contribution is -2.68. The summed E-state index contributed by atoms with van der Waals surface area (Å²) in [6.45, 7) is 8.12. The first-order chi connectivity index (χ1) is 38.4. The van der Waals surface area contributed by atoms with E-state index in [4.69, 9.17) is 56.8 Å². The summed E-state index contributed by atoms with van der Waals surface area (Å²) < 4.78 is 74.5. The Morgan fingerprint density at radius 2 is 1.15 bits per heavy atom. The summed E-state index contributed by atoms with van der Waals surface area (Å²) in [6, 6.07) is 0. The molecule has 11 rings (SSSR count). The molecule has 7 aliphatic heterocycles. The van der Waals surface area contributed by atoms with E-state index < -0.39 is 185 Å². The van der Waals surface area contributed by atoms with Gasteiger partial charge in [-0.2, -0.15) is 0 Å². The zero-order valence-electron chi connectivity index (χ0n) is 46.5. The van der Waals surface area contributed by atoms with Crippen molar-refractivity contribution in [2.24, 2.45) is 52.3 Å². The number of fused-ring (bicyclic) bond motifs is 7. The fourth-order valence-electron chi connectivity index (χ4n) is 16.7.